The third-order valence-electron chi connectivity index (χ3n) is 2.44. The molecule has 0 aliphatic heterocycles. The zero-order valence-corrected chi connectivity index (χ0v) is 9.89. The maximum atomic E-state index is 9.71. The van der Waals surface area contributed by atoms with Crippen molar-refractivity contribution in [2.24, 2.45) is 0 Å². The van der Waals surface area contributed by atoms with Gasteiger partial charge < -0.3 is 10.8 Å². The fourth-order valence-corrected chi connectivity index (χ4v) is 1.60. The third-order valence-corrected chi connectivity index (χ3v) is 2.44. The lowest BCUT2D eigenvalue weighted by Crippen LogP contribution is -2.14. The van der Waals surface area contributed by atoms with Crippen LogP contribution in [0.4, 0.5) is 5.69 Å². The van der Waals surface area contributed by atoms with Crippen molar-refractivity contribution < 1.29 is 5.11 Å². The van der Waals surface area contributed by atoms with Crippen molar-refractivity contribution in [1.29, 1.82) is 0 Å². The summed E-state index contributed by atoms with van der Waals surface area (Å²) in [6.07, 6.45) is 0. The highest BCUT2D eigenvalue weighted by Gasteiger charge is 2.19. The monoisotopic (exact) mass is 205 g/mol. The zero-order chi connectivity index (χ0) is 11.8. The minimum Gasteiger partial charge on any atom is -0.507 e. The highest BCUT2D eigenvalue weighted by Crippen LogP contribution is 2.35. The number of hydrogen-bond donors (Lipinski definition) is 2. The number of phenols is 1. The molecule has 0 unspecified atom stereocenters. The van der Waals surface area contributed by atoms with E-state index in [-0.39, 0.29) is 11.2 Å². The molecule has 0 aliphatic rings. The summed E-state index contributed by atoms with van der Waals surface area (Å²) in [6, 6.07) is 3.53. The van der Waals surface area contributed by atoms with Gasteiger partial charge in [-0.1, -0.05) is 27.4 Å². The van der Waals surface area contributed by atoms with E-state index in [0.717, 1.165) is 16.7 Å². The van der Waals surface area contributed by atoms with Crippen LogP contribution >= 0.6 is 0 Å². The molecule has 0 saturated carbocycles. The highest BCUT2D eigenvalue weighted by molar-refractivity contribution is 5.71. The van der Waals surface area contributed by atoms with Gasteiger partial charge in [-0.15, -0.1) is 0 Å². The van der Waals surface area contributed by atoms with Crippen molar-refractivity contribution in [2.45, 2.75) is 33.1 Å². The van der Waals surface area contributed by atoms with Crippen LogP contribution in [0.2, 0.25) is 0 Å². The van der Waals surface area contributed by atoms with Crippen LogP contribution in [0.1, 0.15) is 38.8 Å². The predicted octanol–water partition coefficient (Wildman–Crippen LogP) is 3.31. The van der Waals surface area contributed by atoms with Crippen LogP contribution in [0.15, 0.2) is 18.7 Å². The molecular formula is C13H19NO. The minimum atomic E-state index is -0.0258. The average Bonchev–Trinajstić information content (AvgIpc) is 2.00. The molecular weight excluding hydrogens is 186 g/mol. The molecule has 1 rings (SSSR count). The van der Waals surface area contributed by atoms with Gasteiger partial charge in [-0.3, -0.25) is 0 Å². The van der Waals surface area contributed by atoms with Crippen molar-refractivity contribution >= 4 is 11.3 Å². The van der Waals surface area contributed by atoms with Gasteiger partial charge in [0.2, 0.25) is 0 Å². The van der Waals surface area contributed by atoms with E-state index >= 15 is 0 Å². The van der Waals surface area contributed by atoms with Crippen LogP contribution in [0.3, 0.4) is 0 Å². The van der Waals surface area contributed by atoms with Crippen LogP contribution < -0.4 is 5.73 Å². The lowest BCUT2D eigenvalue weighted by atomic mass is 9.84. The molecule has 0 bridgehead atoms. The van der Waals surface area contributed by atoms with E-state index in [1.54, 1.807) is 6.07 Å². The summed E-state index contributed by atoms with van der Waals surface area (Å²) in [5, 5.41) is 9.71. The topological polar surface area (TPSA) is 46.2 Å². The van der Waals surface area contributed by atoms with Crippen LogP contribution in [0, 0.1) is 0 Å². The Hall–Kier alpha value is -1.44. The predicted molar refractivity (Wildman–Crippen MR) is 65.9 cm³/mol. The lowest BCUT2D eigenvalue weighted by Gasteiger charge is -2.22. The number of aromatic hydroxyl groups is 1. The quantitative estimate of drug-likeness (QED) is 0.691. The Labute approximate surface area is 91.4 Å². The first-order chi connectivity index (χ1) is 6.73. The molecule has 0 spiro atoms. The highest BCUT2D eigenvalue weighted by atomic mass is 16.3. The molecule has 0 atom stereocenters. The van der Waals surface area contributed by atoms with E-state index in [1.807, 2.05) is 13.0 Å². The molecule has 0 fully saturated rings. The van der Waals surface area contributed by atoms with Gasteiger partial charge in [-0.25, -0.2) is 0 Å². The minimum absolute atomic E-state index is 0.0258. The van der Waals surface area contributed by atoms with Gasteiger partial charge in [0.1, 0.15) is 5.75 Å². The normalized spacial score (nSPS) is 11.5. The van der Waals surface area contributed by atoms with E-state index in [2.05, 4.69) is 27.4 Å². The summed E-state index contributed by atoms with van der Waals surface area (Å²) in [7, 11) is 0. The van der Waals surface area contributed by atoms with Gasteiger partial charge in [0.25, 0.3) is 0 Å². The summed E-state index contributed by atoms with van der Waals surface area (Å²) < 4.78 is 0. The van der Waals surface area contributed by atoms with Crippen LogP contribution in [-0.2, 0) is 5.41 Å². The van der Waals surface area contributed by atoms with Gasteiger partial charge in [0, 0.05) is 17.3 Å². The van der Waals surface area contributed by atoms with E-state index < -0.39 is 0 Å². The summed E-state index contributed by atoms with van der Waals surface area (Å²) in [6.45, 7) is 12.0. The maximum absolute atomic E-state index is 9.71. The molecule has 1 aromatic carbocycles. The second-order valence-corrected chi connectivity index (χ2v) is 4.99. The number of benzene rings is 1. The van der Waals surface area contributed by atoms with Gasteiger partial charge >= 0.3 is 0 Å². The van der Waals surface area contributed by atoms with Gasteiger partial charge in [0.15, 0.2) is 0 Å². The maximum Gasteiger partial charge on any atom is 0.125 e. The first-order valence-electron chi connectivity index (χ1n) is 5.02. The van der Waals surface area contributed by atoms with Crippen LogP contribution in [-0.4, -0.2) is 5.11 Å². The number of nitrogen functional groups attached to an aromatic ring is 1. The fraction of sp³-hybridized carbons (Fsp3) is 0.385. The number of rotatable bonds is 1. The fourth-order valence-electron chi connectivity index (χ4n) is 1.60. The number of phenolic OH excluding ortho intramolecular Hbond substituents is 1. The largest absolute Gasteiger partial charge is 0.507 e. The van der Waals surface area contributed by atoms with Gasteiger partial charge in [-0.05, 0) is 29.5 Å². The average molecular weight is 205 g/mol. The van der Waals surface area contributed by atoms with Gasteiger partial charge in [-0.2, -0.15) is 0 Å². The molecule has 0 saturated heterocycles. The molecule has 1 aromatic rings. The standard InChI is InChI=1S/C13H19NO/c1-8(2)9-6-10(13(3,4)5)11(14)7-12(9)15/h6-7,15H,1,14H2,2-5H3. The summed E-state index contributed by atoms with van der Waals surface area (Å²) in [5.41, 5.74) is 9.15. The SMILES string of the molecule is C=C(C)c1cc(C(C)(C)C)c(N)cc1O. The molecule has 15 heavy (non-hydrogen) atoms. The lowest BCUT2D eigenvalue weighted by molar-refractivity contribution is 0.473. The van der Waals surface area contributed by atoms with E-state index in [4.69, 9.17) is 5.73 Å². The van der Waals surface area contributed by atoms with E-state index in [0.29, 0.717) is 5.69 Å². The molecule has 2 heteroatoms. The third kappa shape index (κ3) is 2.32. The van der Waals surface area contributed by atoms with Crippen molar-refractivity contribution in [1.82, 2.24) is 0 Å². The van der Waals surface area contributed by atoms with Crippen molar-refractivity contribution in [2.75, 3.05) is 5.73 Å². The van der Waals surface area contributed by atoms with E-state index in [9.17, 15) is 5.11 Å². The second-order valence-electron chi connectivity index (χ2n) is 4.99. The van der Waals surface area contributed by atoms with Crippen LogP contribution in [0.5, 0.6) is 5.75 Å². The number of allylic oxidation sites excluding steroid dienone is 1. The molecule has 0 aliphatic carbocycles. The molecule has 0 heterocycles. The first-order valence-corrected chi connectivity index (χ1v) is 5.02. The molecule has 0 amide bonds. The molecule has 3 N–H and O–H groups in total. The summed E-state index contributed by atoms with van der Waals surface area (Å²) in [4.78, 5) is 0. The van der Waals surface area contributed by atoms with Crippen molar-refractivity contribution in [3.8, 4) is 5.75 Å². The van der Waals surface area contributed by atoms with E-state index in [1.165, 1.54) is 0 Å². The number of anilines is 1. The Balaban J connectivity index is 3.43. The Morgan fingerprint density at radius 1 is 1.33 bits per heavy atom. The Morgan fingerprint density at radius 3 is 2.27 bits per heavy atom. The molecule has 2 nitrogen and oxygen atoms in total. The first kappa shape index (κ1) is 11.6. The van der Waals surface area contributed by atoms with Crippen molar-refractivity contribution in [3.05, 3.63) is 29.8 Å². The Morgan fingerprint density at radius 2 is 1.87 bits per heavy atom. The van der Waals surface area contributed by atoms with Gasteiger partial charge in [0.05, 0.1) is 0 Å². The molecule has 0 aromatic heterocycles. The van der Waals surface area contributed by atoms with Crippen LogP contribution in [0.25, 0.3) is 5.57 Å². The molecule has 82 valence electrons. The summed E-state index contributed by atoms with van der Waals surface area (Å²) >= 11 is 0. The number of nitrogens with two attached hydrogens (primary N) is 1. The molecule has 0 radical (unpaired) electrons. The Kier molecular flexibility index (Phi) is 2.80. The zero-order valence-electron chi connectivity index (χ0n) is 9.89. The summed E-state index contributed by atoms with van der Waals surface area (Å²) in [5.74, 6) is 0.202. The second kappa shape index (κ2) is 3.61. The number of hydrogen-bond acceptors (Lipinski definition) is 2. The Bertz CT molecular complexity index is 400. The smallest absolute Gasteiger partial charge is 0.125 e. The van der Waals surface area contributed by atoms with Crippen molar-refractivity contribution in [3.63, 3.8) is 0 Å².